The lowest BCUT2D eigenvalue weighted by Crippen LogP contribution is -2.24. The van der Waals surface area contributed by atoms with Crippen LogP contribution in [-0.2, 0) is 17.8 Å². The fraction of sp³-hybridized carbons (Fsp3) is 0.368. The highest BCUT2D eigenvalue weighted by Crippen LogP contribution is 2.18. The molecule has 25 heavy (non-hydrogen) atoms. The third-order valence-electron chi connectivity index (χ3n) is 3.52. The van der Waals surface area contributed by atoms with Crippen LogP contribution in [0.25, 0.3) is 0 Å². The van der Waals surface area contributed by atoms with Gasteiger partial charge in [-0.25, -0.2) is 0 Å². The van der Waals surface area contributed by atoms with E-state index in [4.69, 9.17) is 14.3 Å². The molecule has 0 aliphatic heterocycles. The predicted molar refractivity (Wildman–Crippen MR) is 92.7 cm³/mol. The molecule has 134 valence electrons. The highest BCUT2D eigenvalue weighted by molar-refractivity contribution is 5.97. The number of aryl methyl sites for hydroxylation is 1. The smallest absolute Gasteiger partial charge is 0.311 e. The first-order valence-corrected chi connectivity index (χ1v) is 8.15. The lowest BCUT2D eigenvalue weighted by atomic mass is 10.1. The Kier molecular flexibility index (Phi) is 6.22. The number of carboxylic acids is 1. The number of carbonyl (C=O) groups excluding carboxylic acids is 1. The number of amides is 1. The van der Waals surface area contributed by atoms with Gasteiger partial charge in [-0.1, -0.05) is 26.0 Å². The molecule has 1 aromatic carbocycles. The summed E-state index contributed by atoms with van der Waals surface area (Å²) in [6, 6.07) is 7.51. The highest BCUT2D eigenvalue weighted by Gasteiger charge is 2.20. The van der Waals surface area contributed by atoms with Crippen LogP contribution >= 0.6 is 0 Å². The first-order chi connectivity index (χ1) is 11.9. The maximum Gasteiger partial charge on any atom is 0.311 e. The Morgan fingerprint density at radius 3 is 2.76 bits per heavy atom. The highest BCUT2D eigenvalue weighted by atomic mass is 16.5. The molecule has 0 saturated heterocycles. The van der Waals surface area contributed by atoms with Gasteiger partial charge in [0.1, 0.15) is 17.9 Å². The molecule has 0 spiro atoms. The zero-order valence-electron chi connectivity index (χ0n) is 14.7. The standard InChI is InChI=1S/C19H23NO5/c1-12(2)10-24-15-6-4-5-14(7-15)9-20-19(23)18-13(3)11-25-16(18)8-17(21)22/h4-7,11-12H,8-10H2,1-3H3,(H,20,23)(H,21,22). The number of aliphatic carboxylic acids is 1. The molecule has 0 fully saturated rings. The maximum absolute atomic E-state index is 12.4. The van der Waals surface area contributed by atoms with Crippen molar-refractivity contribution in [2.24, 2.45) is 5.92 Å². The van der Waals surface area contributed by atoms with Crippen LogP contribution in [0.2, 0.25) is 0 Å². The number of furan rings is 1. The normalized spacial score (nSPS) is 10.7. The van der Waals surface area contributed by atoms with Crippen molar-refractivity contribution in [2.45, 2.75) is 33.7 Å². The molecule has 0 aliphatic carbocycles. The van der Waals surface area contributed by atoms with E-state index in [1.807, 2.05) is 24.3 Å². The van der Waals surface area contributed by atoms with E-state index < -0.39 is 5.97 Å². The molecule has 0 saturated carbocycles. The maximum atomic E-state index is 12.4. The van der Waals surface area contributed by atoms with Crippen LogP contribution < -0.4 is 10.1 Å². The van der Waals surface area contributed by atoms with E-state index in [0.717, 1.165) is 11.3 Å². The number of ether oxygens (including phenoxy) is 1. The van der Waals surface area contributed by atoms with Crippen molar-refractivity contribution in [1.82, 2.24) is 5.32 Å². The minimum atomic E-state index is -1.04. The monoisotopic (exact) mass is 345 g/mol. The summed E-state index contributed by atoms with van der Waals surface area (Å²) in [6.45, 7) is 6.81. The van der Waals surface area contributed by atoms with Gasteiger partial charge in [-0.2, -0.15) is 0 Å². The van der Waals surface area contributed by atoms with Gasteiger partial charge in [-0.05, 0) is 30.5 Å². The van der Waals surface area contributed by atoms with E-state index in [9.17, 15) is 9.59 Å². The van der Waals surface area contributed by atoms with E-state index in [1.165, 1.54) is 6.26 Å². The summed E-state index contributed by atoms with van der Waals surface area (Å²) in [4.78, 5) is 23.3. The summed E-state index contributed by atoms with van der Waals surface area (Å²) >= 11 is 0. The Hall–Kier alpha value is -2.76. The lowest BCUT2D eigenvalue weighted by Gasteiger charge is -2.11. The molecule has 2 rings (SSSR count). The SMILES string of the molecule is Cc1coc(CC(=O)O)c1C(=O)NCc1cccc(OCC(C)C)c1. The number of benzene rings is 1. The Balaban J connectivity index is 2.02. The van der Waals surface area contributed by atoms with Crippen LogP contribution in [-0.4, -0.2) is 23.6 Å². The first-order valence-electron chi connectivity index (χ1n) is 8.15. The van der Waals surface area contributed by atoms with Gasteiger partial charge >= 0.3 is 5.97 Å². The number of carbonyl (C=O) groups is 2. The van der Waals surface area contributed by atoms with Crippen LogP contribution in [0.1, 0.15) is 41.1 Å². The molecule has 1 amide bonds. The number of carboxylic acid groups (broad SMARTS) is 1. The van der Waals surface area contributed by atoms with Crippen molar-refractivity contribution in [3.63, 3.8) is 0 Å². The molecule has 0 radical (unpaired) electrons. The van der Waals surface area contributed by atoms with Crippen molar-refractivity contribution in [1.29, 1.82) is 0 Å². The van der Waals surface area contributed by atoms with Crippen LogP contribution in [0, 0.1) is 12.8 Å². The van der Waals surface area contributed by atoms with Crippen LogP contribution in [0.4, 0.5) is 0 Å². The molecule has 0 atom stereocenters. The first kappa shape index (κ1) is 18.6. The summed E-state index contributed by atoms with van der Waals surface area (Å²) < 4.78 is 10.9. The minimum absolute atomic E-state index is 0.163. The van der Waals surface area contributed by atoms with Crippen LogP contribution in [0.5, 0.6) is 5.75 Å². The lowest BCUT2D eigenvalue weighted by molar-refractivity contribution is -0.136. The summed E-state index contributed by atoms with van der Waals surface area (Å²) in [6.07, 6.45) is 1.07. The average molecular weight is 345 g/mol. The third kappa shape index (κ3) is 5.38. The molecule has 6 heteroatoms. The van der Waals surface area contributed by atoms with Gasteiger partial charge in [0.25, 0.3) is 5.91 Å². The average Bonchev–Trinajstić information content (AvgIpc) is 2.91. The molecule has 1 aromatic heterocycles. The number of rotatable bonds is 8. The quantitative estimate of drug-likeness (QED) is 0.767. The fourth-order valence-corrected chi connectivity index (χ4v) is 2.35. The Labute approximate surface area is 146 Å². The van der Waals surface area contributed by atoms with E-state index in [-0.39, 0.29) is 23.7 Å². The van der Waals surface area contributed by atoms with Crippen molar-refractivity contribution in [2.75, 3.05) is 6.61 Å². The molecule has 2 N–H and O–H groups in total. The van der Waals surface area contributed by atoms with Gasteiger partial charge in [0.2, 0.25) is 0 Å². The second-order valence-corrected chi connectivity index (χ2v) is 6.32. The number of nitrogens with one attached hydrogen (secondary N) is 1. The molecular formula is C19H23NO5. The van der Waals surface area contributed by atoms with Crippen LogP contribution in [0.15, 0.2) is 34.9 Å². The molecule has 1 heterocycles. The Bertz CT molecular complexity index is 748. The second-order valence-electron chi connectivity index (χ2n) is 6.32. The predicted octanol–water partition coefficient (Wildman–Crippen LogP) is 3.18. The van der Waals surface area contributed by atoms with Gasteiger partial charge in [-0.3, -0.25) is 9.59 Å². The van der Waals surface area contributed by atoms with Gasteiger partial charge in [0.15, 0.2) is 0 Å². The summed E-state index contributed by atoms with van der Waals surface area (Å²) in [7, 11) is 0. The van der Waals surface area contributed by atoms with Gasteiger partial charge in [0, 0.05) is 12.1 Å². The van der Waals surface area contributed by atoms with Crippen molar-refractivity contribution < 1.29 is 23.8 Å². The largest absolute Gasteiger partial charge is 0.493 e. The second kappa shape index (κ2) is 8.37. The number of hydrogen-bond acceptors (Lipinski definition) is 4. The molecule has 6 nitrogen and oxygen atoms in total. The van der Waals surface area contributed by atoms with Crippen molar-refractivity contribution in [3.05, 3.63) is 53.0 Å². The summed E-state index contributed by atoms with van der Waals surface area (Å²) in [5.41, 5.74) is 1.80. The van der Waals surface area contributed by atoms with E-state index in [0.29, 0.717) is 24.6 Å². The minimum Gasteiger partial charge on any atom is -0.493 e. The van der Waals surface area contributed by atoms with Crippen molar-refractivity contribution in [3.8, 4) is 5.75 Å². The van der Waals surface area contributed by atoms with Gasteiger partial charge in [-0.15, -0.1) is 0 Å². The van der Waals surface area contributed by atoms with Gasteiger partial charge < -0.3 is 19.6 Å². The van der Waals surface area contributed by atoms with Crippen LogP contribution in [0.3, 0.4) is 0 Å². The molecular weight excluding hydrogens is 322 g/mol. The van der Waals surface area contributed by atoms with E-state index >= 15 is 0 Å². The summed E-state index contributed by atoms with van der Waals surface area (Å²) in [5, 5.41) is 11.7. The van der Waals surface area contributed by atoms with Crippen molar-refractivity contribution >= 4 is 11.9 Å². The Morgan fingerprint density at radius 1 is 1.32 bits per heavy atom. The zero-order valence-corrected chi connectivity index (χ0v) is 14.7. The topological polar surface area (TPSA) is 88.8 Å². The molecule has 0 unspecified atom stereocenters. The molecule has 0 bridgehead atoms. The van der Waals surface area contributed by atoms with E-state index in [1.54, 1.807) is 6.92 Å². The Morgan fingerprint density at radius 2 is 2.08 bits per heavy atom. The number of hydrogen-bond donors (Lipinski definition) is 2. The van der Waals surface area contributed by atoms with Gasteiger partial charge in [0.05, 0.1) is 18.4 Å². The van der Waals surface area contributed by atoms with E-state index in [2.05, 4.69) is 19.2 Å². The molecule has 2 aromatic rings. The summed E-state index contributed by atoms with van der Waals surface area (Å²) in [5.74, 6) is -0.0440. The third-order valence-corrected chi connectivity index (χ3v) is 3.52. The zero-order chi connectivity index (χ0) is 18.4. The fourth-order valence-electron chi connectivity index (χ4n) is 2.35. The molecule has 0 aliphatic rings.